The van der Waals surface area contributed by atoms with Gasteiger partial charge in [-0.15, -0.1) is 0 Å². The molecule has 90 valence electrons. The number of carboxylic acids is 1. The summed E-state index contributed by atoms with van der Waals surface area (Å²) < 4.78 is 0.893. The number of fused-ring (bicyclic) bond motifs is 2. The molecule has 4 heteroatoms. The Hall–Kier alpha value is -1.03. The van der Waals surface area contributed by atoms with Gasteiger partial charge in [-0.3, -0.25) is 0 Å². The lowest BCUT2D eigenvalue weighted by Crippen LogP contribution is -2.32. The van der Waals surface area contributed by atoms with E-state index in [0.29, 0.717) is 11.6 Å². The van der Waals surface area contributed by atoms with Crippen molar-refractivity contribution >= 4 is 27.6 Å². The zero-order chi connectivity index (χ0) is 12.0. The summed E-state index contributed by atoms with van der Waals surface area (Å²) in [4.78, 5) is 13.3. The van der Waals surface area contributed by atoms with Crippen molar-refractivity contribution in [2.75, 3.05) is 11.4 Å². The van der Waals surface area contributed by atoms with E-state index in [4.69, 9.17) is 5.11 Å². The molecule has 1 aliphatic heterocycles. The number of benzene rings is 1. The van der Waals surface area contributed by atoms with E-state index >= 15 is 0 Å². The molecule has 2 atom stereocenters. The number of halogens is 1. The quantitative estimate of drug-likeness (QED) is 0.911. The van der Waals surface area contributed by atoms with E-state index < -0.39 is 5.97 Å². The van der Waals surface area contributed by atoms with Crippen LogP contribution < -0.4 is 4.90 Å². The van der Waals surface area contributed by atoms with Crippen molar-refractivity contribution in [3.8, 4) is 0 Å². The van der Waals surface area contributed by atoms with Crippen molar-refractivity contribution in [1.29, 1.82) is 0 Å². The van der Waals surface area contributed by atoms with Crippen LogP contribution >= 0.6 is 15.9 Å². The molecule has 1 aliphatic carbocycles. The molecule has 1 aromatic carbocycles. The van der Waals surface area contributed by atoms with E-state index in [1.807, 2.05) is 6.07 Å². The lowest BCUT2D eigenvalue weighted by molar-refractivity contribution is 0.0697. The Morgan fingerprint density at radius 3 is 2.76 bits per heavy atom. The number of anilines is 1. The lowest BCUT2D eigenvalue weighted by atomic mass is 10.1. The highest BCUT2D eigenvalue weighted by atomic mass is 79.9. The molecule has 2 bridgehead atoms. The van der Waals surface area contributed by atoms with Gasteiger partial charge in [0.15, 0.2) is 0 Å². The summed E-state index contributed by atoms with van der Waals surface area (Å²) in [5.74, 6) is -0.0359. The van der Waals surface area contributed by atoms with Crippen LogP contribution in [0.2, 0.25) is 0 Å². The molecule has 0 amide bonds. The van der Waals surface area contributed by atoms with Gasteiger partial charge in [-0.05, 0) is 59.3 Å². The SMILES string of the molecule is O=C(O)c1ccc(N2CC3CCC2C3)c(Br)c1. The van der Waals surface area contributed by atoms with E-state index in [1.165, 1.54) is 19.3 Å². The number of nitrogens with zero attached hydrogens (tertiary/aromatic N) is 1. The summed E-state index contributed by atoms with van der Waals surface area (Å²) in [6, 6.07) is 5.97. The van der Waals surface area contributed by atoms with Gasteiger partial charge in [0.05, 0.1) is 11.3 Å². The fourth-order valence-electron chi connectivity index (χ4n) is 3.09. The first kappa shape index (κ1) is 11.1. The van der Waals surface area contributed by atoms with Crippen LogP contribution in [0, 0.1) is 5.92 Å². The molecule has 0 radical (unpaired) electrons. The first-order chi connectivity index (χ1) is 8.15. The Kier molecular flexibility index (Phi) is 2.62. The van der Waals surface area contributed by atoms with Gasteiger partial charge in [-0.1, -0.05) is 0 Å². The van der Waals surface area contributed by atoms with Gasteiger partial charge in [-0.2, -0.15) is 0 Å². The number of hydrogen-bond acceptors (Lipinski definition) is 2. The Bertz CT molecular complexity index is 474. The monoisotopic (exact) mass is 295 g/mol. The summed E-state index contributed by atoms with van der Waals surface area (Å²) >= 11 is 3.49. The highest BCUT2D eigenvalue weighted by Gasteiger charge is 2.38. The van der Waals surface area contributed by atoms with Crippen molar-refractivity contribution in [1.82, 2.24) is 0 Å². The minimum atomic E-state index is -0.875. The van der Waals surface area contributed by atoms with E-state index in [2.05, 4.69) is 20.8 Å². The third-order valence-corrected chi connectivity index (χ3v) is 4.55. The van der Waals surface area contributed by atoms with Gasteiger partial charge in [0.2, 0.25) is 0 Å². The fourth-order valence-corrected chi connectivity index (χ4v) is 3.70. The van der Waals surface area contributed by atoms with Crippen LogP contribution in [-0.4, -0.2) is 23.7 Å². The van der Waals surface area contributed by atoms with Crippen LogP contribution in [0.3, 0.4) is 0 Å². The van der Waals surface area contributed by atoms with E-state index in [-0.39, 0.29) is 0 Å². The minimum absolute atomic E-state index is 0.338. The van der Waals surface area contributed by atoms with Crippen LogP contribution in [-0.2, 0) is 0 Å². The maximum atomic E-state index is 10.9. The second kappa shape index (κ2) is 4.02. The van der Waals surface area contributed by atoms with Crippen molar-refractivity contribution in [3.05, 3.63) is 28.2 Å². The van der Waals surface area contributed by atoms with Crippen molar-refractivity contribution in [3.63, 3.8) is 0 Å². The molecule has 1 saturated heterocycles. The maximum absolute atomic E-state index is 10.9. The second-order valence-corrected chi connectivity index (χ2v) is 5.81. The minimum Gasteiger partial charge on any atom is -0.478 e. The molecule has 3 rings (SSSR count). The van der Waals surface area contributed by atoms with Gasteiger partial charge in [-0.25, -0.2) is 4.79 Å². The summed E-state index contributed by atoms with van der Waals surface area (Å²) in [7, 11) is 0. The lowest BCUT2D eigenvalue weighted by Gasteiger charge is -2.30. The molecule has 1 N–H and O–H groups in total. The molecule has 2 aliphatic rings. The normalized spacial score (nSPS) is 26.5. The van der Waals surface area contributed by atoms with Crippen LogP contribution in [0.15, 0.2) is 22.7 Å². The Labute approximate surface area is 109 Å². The molecule has 0 spiro atoms. The van der Waals surface area contributed by atoms with Crippen molar-refractivity contribution < 1.29 is 9.90 Å². The number of piperidine rings is 1. The number of aromatic carboxylic acids is 1. The van der Waals surface area contributed by atoms with E-state index in [0.717, 1.165) is 22.6 Å². The fraction of sp³-hybridized carbons (Fsp3) is 0.462. The molecular weight excluding hydrogens is 282 g/mol. The van der Waals surface area contributed by atoms with Crippen molar-refractivity contribution in [2.45, 2.75) is 25.3 Å². The summed E-state index contributed by atoms with van der Waals surface area (Å²) in [5, 5.41) is 8.94. The van der Waals surface area contributed by atoms with Crippen LogP contribution in [0.25, 0.3) is 0 Å². The summed E-state index contributed by atoms with van der Waals surface area (Å²) in [6.45, 7) is 1.12. The number of hydrogen-bond donors (Lipinski definition) is 1. The van der Waals surface area contributed by atoms with E-state index in [9.17, 15) is 4.79 Å². The van der Waals surface area contributed by atoms with Crippen molar-refractivity contribution in [2.24, 2.45) is 5.92 Å². The molecule has 3 nitrogen and oxygen atoms in total. The van der Waals surface area contributed by atoms with Crippen LogP contribution in [0.5, 0.6) is 0 Å². The standard InChI is InChI=1S/C13H14BrNO2/c14-11-6-9(13(16)17)2-4-12(11)15-7-8-1-3-10(15)5-8/h2,4,6,8,10H,1,3,5,7H2,(H,16,17). The Balaban J connectivity index is 1.91. The number of carboxylic acid groups (broad SMARTS) is 1. The molecule has 2 unspecified atom stereocenters. The molecule has 2 fully saturated rings. The third kappa shape index (κ3) is 1.84. The first-order valence-corrected chi connectivity index (χ1v) is 6.74. The van der Waals surface area contributed by atoms with Gasteiger partial charge >= 0.3 is 5.97 Å². The highest BCUT2D eigenvalue weighted by molar-refractivity contribution is 9.10. The van der Waals surface area contributed by atoms with Gasteiger partial charge in [0.25, 0.3) is 0 Å². The van der Waals surface area contributed by atoms with Gasteiger partial charge in [0, 0.05) is 17.1 Å². The second-order valence-electron chi connectivity index (χ2n) is 4.96. The topological polar surface area (TPSA) is 40.5 Å². The molecule has 17 heavy (non-hydrogen) atoms. The van der Waals surface area contributed by atoms with Gasteiger partial charge in [0.1, 0.15) is 0 Å². The molecular formula is C13H14BrNO2. The molecule has 0 aromatic heterocycles. The summed E-state index contributed by atoms with van der Waals surface area (Å²) in [6.07, 6.45) is 3.93. The van der Waals surface area contributed by atoms with E-state index in [1.54, 1.807) is 12.1 Å². The molecule has 1 aromatic rings. The highest BCUT2D eigenvalue weighted by Crippen LogP contribution is 2.42. The molecule has 1 saturated carbocycles. The third-order valence-electron chi connectivity index (χ3n) is 3.91. The predicted molar refractivity (Wildman–Crippen MR) is 69.6 cm³/mol. The average molecular weight is 296 g/mol. The zero-order valence-electron chi connectivity index (χ0n) is 9.40. The first-order valence-electron chi connectivity index (χ1n) is 5.94. The smallest absolute Gasteiger partial charge is 0.335 e. The Morgan fingerprint density at radius 2 is 2.24 bits per heavy atom. The molecule has 1 heterocycles. The maximum Gasteiger partial charge on any atom is 0.335 e. The van der Waals surface area contributed by atoms with Crippen LogP contribution in [0.1, 0.15) is 29.6 Å². The number of rotatable bonds is 2. The summed E-state index contributed by atoms with van der Waals surface area (Å²) in [5.41, 5.74) is 1.48. The van der Waals surface area contributed by atoms with Gasteiger partial charge < -0.3 is 10.0 Å². The van der Waals surface area contributed by atoms with Crippen LogP contribution in [0.4, 0.5) is 5.69 Å². The average Bonchev–Trinajstić information content (AvgIpc) is 2.90. The predicted octanol–water partition coefficient (Wildman–Crippen LogP) is 3.14. The number of carbonyl (C=O) groups is 1. The Morgan fingerprint density at radius 1 is 1.41 bits per heavy atom. The largest absolute Gasteiger partial charge is 0.478 e. The zero-order valence-corrected chi connectivity index (χ0v) is 11.0.